The van der Waals surface area contributed by atoms with E-state index in [1.807, 2.05) is 13.8 Å². The molecule has 0 aromatic carbocycles. The molecule has 0 N–H and O–H groups in total. The van der Waals surface area contributed by atoms with Crippen LogP contribution in [-0.2, 0) is 0 Å². The molecule has 0 heterocycles. The van der Waals surface area contributed by atoms with E-state index in [0.29, 0.717) is 0 Å². The average molecular weight is 179 g/mol. The Hall–Kier alpha value is 0.0600. The summed E-state index contributed by atoms with van der Waals surface area (Å²) >= 11 is 11.5. The predicted octanol–water partition coefficient (Wildman–Crippen LogP) is 4.05. The van der Waals surface area contributed by atoms with Gasteiger partial charge in [0.2, 0.25) is 0 Å². The molecule has 0 saturated carbocycles. The second-order valence-electron chi connectivity index (χ2n) is 2.21. The lowest BCUT2D eigenvalue weighted by atomic mass is 10.2. The van der Waals surface area contributed by atoms with E-state index in [0.717, 1.165) is 16.5 Å². The Morgan fingerprint density at radius 2 is 1.80 bits per heavy atom. The second-order valence-corrected chi connectivity index (χ2v) is 3.22. The molecule has 0 aromatic heterocycles. The van der Waals surface area contributed by atoms with Crippen molar-refractivity contribution >= 4 is 23.2 Å². The molecule has 0 fully saturated rings. The van der Waals surface area contributed by atoms with Gasteiger partial charge >= 0.3 is 0 Å². The lowest BCUT2D eigenvalue weighted by Crippen LogP contribution is -1.75. The Balaban J connectivity index is 4.33. The van der Waals surface area contributed by atoms with Crippen LogP contribution < -0.4 is 0 Å². The van der Waals surface area contributed by atoms with E-state index >= 15 is 0 Å². The van der Waals surface area contributed by atoms with Gasteiger partial charge in [0.25, 0.3) is 0 Å². The minimum absolute atomic E-state index is 0.720. The normalized spacial score (nSPS) is 15.1. The van der Waals surface area contributed by atoms with E-state index in [2.05, 4.69) is 6.92 Å². The van der Waals surface area contributed by atoms with Gasteiger partial charge in [-0.15, -0.1) is 0 Å². The molecule has 2 heteroatoms. The van der Waals surface area contributed by atoms with Crippen LogP contribution in [0.2, 0.25) is 0 Å². The lowest BCUT2D eigenvalue weighted by Gasteiger charge is -1.96. The van der Waals surface area contributed by atoms with Gasteiger partial charge in [-0.2, -0.15) is 0 Å². The van der Waals surface area contributed by atoms with Gasteiger partial charge in [-0.25, -0.2) is 0 Å². The van der Waals surface area contributed by atoms with Crippen molar-refractivity contribution in [1.82, 2.24) is 0 Å². The fraction of sp³-hybridized carbons (Fsp3) is 0.500. The predicted molar refractivity (Wildman–Crippen MR) is 48.5 cm³/mol. The van der Waals surface area contributed by atoms with Gasteiger partial charge < -0.3 is 0 Å². The zero-order chi connectivity index (χ0) is 8.15. The van der Waals surface area contributed by atoms with Crippen molar-refractivity contribution in [2.45, 2.75) is 27.2 Å². The standard InChI is InChI=1S/C8H12Cl2/c1-4-6(2)8(10)5-7(3)9/h5H,4H2,1-3H3. The first kappa shape index (κ1) is 10.1. The molecule has 0 atom stereocenters. The van der Waals surface area contributed by atoms with Gasteiger partial charge in [0.05, 0.1) is 0 Å². The molecule has 10 heavy (non-hydrogen) atoms. The zero-order valence-electron chi connectivity index (χ0n) is 6.54. The highest BCUT2D eigenvalue weighted by Gasteiger charge is 1.92. The first-order valence-electron chi connectivity index (χ1n) is 3.27. The van der Waals surface area contributed by atoms with Crippen LogP contribution in [0.1, 0.15) is 27.2 Å². The van der Waals surface area contributed by atoms with Crippen molar-refractivity contribution in [2.24, 2.45) is 0 Å². The number of hydrogen-bond acceptors (Lipinski definition) is 0. The molecule has 0 saturated heterocycles. The first-order valence-corrected chi connectivity index (χ1v) is 4.02. The third kappa shape index (κ3) is 3.97. The summed E-state index contributed by atoms with van der Waals surface area (Å²) in [6.07, 6.45) is 2.74. The third-order valence-corrected chi connectivity index (χ3v) is 1.80. The summed E-state index contributed by atoms with van der Waals surface area (Å²) in [4.78, 5) is 0. The average Bonchev–Trinajstić information content (AvgIpc) is 1.85. The molecule has 0 unspecified atom stereocenters. The summed E-state index contributed by atoms with van der Waals surface area (Å²) in [5, 5.41) is 1.48. The lowest BCUT2D eigenvalue weighted by molar-refractivity contribution is 1.09. The number of rotatable bonds is 2. The Morgan fingerprint density at radius 3 is 2.10 bits per heavy atom. The molecule has 0 rings (SSSR count). The molecule has 0 nitrogen and oxygen atoms in total. The Bertz CT molecular complexity index is 162. The van der Waals surface area contributed by atoms with E-state index in [1.165, 1.54) is 5.57 Å². The van der Waals surface area contributed by atoms with Crippen molar-refractivity contribution in [3.05, 3.63) is 21.7 Å². The first-order chi connectivity index (χ1) is 4.57. The smallest absolute Gasteiger partial charge is 0.0406 e. The largest absolute Gasteiger partial charge is 0.0894 e. The quantitative estimate of drug-likeness (QED) is 0.561. The zero-order valence-corrected chi connectivity index (χ0v) is 8.05. The van der Waals surface area contributed by atoms with Crippen LogP contribution in [0.25, 0.3) is 0 Å². The maximum absolute atomic E-state index is 5.85. The fourth-order valence-electron chi connectivity index (χ4n) is 0.467. The van der Waals surface area contributed by atoms with Crippen LogP contribution in [0.15, 0.2) is 21.7 Å². The highest BCUT2D eigenvalue weighted by molar-refractivity contribution is 6.34. The SMILES string of the molecule is CCC(C)=C(Cl)C=C(C)Cl. The topological polar surface area (TPSA) is 0 Å². The fourth-order valence-corrected chi connectivity index (χ4v) is 0.929. The van der Waals surface area contributed by atoms with Gasteiger partial charge in [-0.3, -0.25) is 0 Å². The Kier molecular flexibility index (Phi) is 4.84. The Morgan fingerprint density at radius 1 is 1.30 bits per heavy atom. The second kappa shape index (κ2) is 4.81. The molecular weight excluding hydrogens is 167 g/mol. The third-order valence-electron chi connectivity index (χ3n) is 1.26. The van der Waals surface area contributed by atoms with Crippen LogP contribution in [0, 0.1) is 0 Å². The van der Waals surface area contributed by atoms with Gasteiger partial charge in [-0.05, 0) is 26.3 Å². The highest BCUT2D eigenvalue weighted by Crippen LogP contribution is 2.16. The van der Waals surface area contributed by atoms with E-state index in [1.54, 1.807) is 6.08 Å². The summed E-state index contributed by atoms with van der Waals surface area (Å²) in [6, 6.07) is 0. The summed E-state index contributed by atoms with van der Waals surface area (Å²) in [5.74, 6) is 0. The van der Waals surface area contributed by atoms with Crippen LogP contribution in [-0.4, -0.2) is 0 Å². The molecule has 0 aliphatic rings. The minimum atomic E-state index is 0.720. The van der Waals surface area contributed by atoms with Crippen LogP contribution in [0.5, 0.6) is 0 Å². The van der Waals surface area contributed by atoms with E-state index < -0.39 is 0 Å². The molecule has 0 aliphatic carbocycles. The maximum atomic E-state index is 5.85. The molecule has 0 aliphatic heterocycles. The molecule has 0 aromatic rings. The number of halogens is 2. The number of hydrogen-bond donors (Lipinski definition) is 0. The van der Waals surface area contributed by atoms with Crippen molar-refractivity contribution in [1.29, 1.82) is 0 Å². The maximum Gasteiger partial charge on any atom is 0.0406 e. The number of allylic oxidation sites excluding steroid dienone is 4. The summed E-state index contributed by atoms with van der Waals surface area (Å²) in [5.41, 5.74) is 1.17. The molecule has 0 radical (unpaired) electrons. The molecular formula is C8H12Cl2. The van der Waals surface area contributed by atoms with Crippen LogP contribution in [0.3, 0.4) is 0 Å². The summed E-state index contributed by atoms with van der Waals surface area (Å²) < 4.78 is 0. The van der Waals surface area contributed by atoms with Crippen molar-refractivity contribution in [3.8, 4) is 0 Å². The highest BCUT2D eigenvalue weighted by atomic mass is 35.5. The van der Waals surface area contributed by atoms with Crippen molar-refractivity contribution in [2.75, 3.05) is 0 Å². The molecule has 0 bridgehead atoms. The van der Waals surface area contributed by atoms with Gasteiger partial charge in [-0.1, -0.05) is 35.7 Å². The van der Waals surface area contributed by atoms with Crippen molar-refractivity contribution in [3.63, 3.8) is 0 Å². The van der Waals surface area contributed by atoms with Crippen LogP contribution >= 0.6 is 23.2 Å². The summed E-state index contributed by atoms with van der Waals surface area (Å²) in [6.45, 7) is 5.88. The van der Waals surface area contributed by atoms with E-state index in [9.17, 15) is 0 Å². The van der Waals surface area contributed by atoms with Crippen LogP contribution in [0.4, 0.5) is 0 Å². The molecule has 0 spiro atoms. The van der Waals surface area contributed by atoms with Gasteiger partial charge in [0.1, 0.15) is 0 Å². The van der Waals surface area contributed by atoms with Gasteiger partial charge in [0, 0.05) is 10.1 Å². The van der Waals surface area contributed by atoms with Gasteiger partial charge in [0.15, 0.2) is 0 Å². The molecule has 0 amide bonds. The van der Waals surface area contributed by atoms with Crippen molar-refractivity contribution < 1.29 is 0 Å². The minimum Gasteiger partial charge on any atom is -0.0894 e. The molecule has 58 valence electrons. The monoisotopic (exact) mass is 178 g/mol. The summed E-state index contributed by atoms with van der Waals surface area (Å²) in [7, 11) is 0. The van der Waals surface area contributed by atoms with E-state index in [4.69, 9.17) is 23.2 Å². The van der Waals surface area contributed by atoms with E-state index in [-0.39, 0.29) is 0 Å². The Labute approximate surface area is 72.5 Å².